The van der Waals surface area contributed by atoms with Gasteiger partial charge in [-0.05, 0) is 58.1 Å². The Labute approximate surface area is 233 Å². The number of carboxylic acid groups (broad SMARTS) is 1. The predicted octanol–water partition coefficient (Wildman–Crippen LogP) is 5.78. The van der Waals surface area contributed by atoms with Gasteiger partial charge in [0.1, 0.15) is 30.3 Å². The molecular formula is C31H25F3N2O5. The average Bonchev–Trinajstić information content (AvgIpc) is 3.30. The number of amidine groups is 1. The largest absolute Gasteiger partial charge is 0.497 e. The standard InChI is InChI=1S/C29H24N2O3.C2HF3O2/c1-32-23-9-5-7-20(17-23)19-6-4-8-21(16-19)29(25-11-3-2-10-24(25)28(30)31-29)22-12-13-26-27(18-22)34-15-14-33-26;3-2(4,5)1(6)7/h2-13,16-18H,14-15H2,1H3,(H2,30,31);(H,6,7). The quantitative estimate of drug-likeness (QED) is 0.327. The normalized spacial score (nSPS) is 17.0. The van der Waals surface area contributed by atoms with Crippen molar-refractivity contribution in [2.45, 2.75) is 11.7 Å². The maximum atomic E-state index is 10.6. The van der Waals surface area contributed by atoms with Gasteiger partial charge in [0.25, 0.3) is 0 Å². The second-order valence-corrected chi connectivity index (χ2v) is 9.23. The van der Waals surface area contributed by atoms with Gasteiger partial charge in [0.15, 0.2) is 11.5 Å². The van der Waals surface area contributed by atoms with Gasteiger partial charge in [-0.3, -0.25) is 0 Å². The molecule has 1 atom stereocenters. The summed E-state index contributed by atoms with van der Waals surface area (Å²) in [6.45, 7) is 1.07. The first-order valence-corrected chi connectivity index (χ1v) is 12.5. The van der Waals surface area contributed by atoms with Crippen molar-refractivity contribution in [3.05, 3.63) is 113 Å². The molecule has 0 aliphatic carbocycles. The van der Waals surface area contributed by atoms with Gasteiger partial charge in [0.05, 0.1) is 7.11 Å². The number of benzene rings is 4. The molecule has 2 aliphatic rings. The molecule has 6 rings (SSSR count). The van der Waals surface area contributed by atoms with Gasteiger partial charge < -0.3 is 25.1 Å². The summed E-state index contributed by atoms with van der Waals surface area (Å²) in [4.78, 5) is 14.0. The van der Waals surface area contributed by atoms with Crippen molar-refractivity contribution >= 4 is 11.8 Å². The number of aliphatic carboxylic acids is 1. The number of fused-ring (bicyclic) bond motifs is 2. The van der Waals surface area contributed by atoms with Gasteiger partial charge in [-0.2, -0.15) is 13.2 Å². The van der Waals surface area contributed by atoms with Crippen LogP contribution in [0.4, 0.5) is 13.2 Å². The molecule has 0 amide bonds. The molecule has 210 valence electrons. The van der Waals surface area contributed by atoms with E-state index in [1.54, 1.807) is 7.11 Å². The first-order valence-electron chi connectivity index (χ1n) is 12.5. The summed E-state index contributed by atoms with van der Waals surface area (Å²) >= 11 is 0. The van der Waals surface area contributed by atoms with E-state index in [2.05, 4.69) is 42.5 Å². The molecule has 2 heterocycles. The third-order valence-corrected chi connectivity index (χ3v) is 6.77. The van der Waals surface area contributed by atoms with Gasteiger partial charge in [0, 0.05) is 5.56 Å². The molecular weight excluding hydrogens is 537 g/mol. The lowest BCUT2D eigenvalue weighted by Crippen LogP contribution is -2.26. The minimum Gasteiger partial charge on any atom is -0.497 e. The van der Waals surface area contributed by atoms with Crippen LogP contribution in [0.2, 0.25) is 0 Å². The maximum Gasteiger partial charge on any atom is 0.490 e. The van der Waals surface area contributed by atoms with E-state index in [4.69, 9.17) is 34.8 Å². The van der Waals surface area contributed by atoms with Gasteiger partial charge >= 0.3 is 12.1 Å². The summed E-state index contributed by atoms with van der Waals surface area (Å²) in [5.74, 6) is 0.0615. The second-order valence-electron chi connectivity index (χ2n) is 9.23. The highest BCUT2D eigenvalue weighted by Crippen LogP contribution is 2.48. The average molecular weight is 563 g/mol. The molecule has 0 spiro atoms. The van der Waals surface area contributed by atoms with Crippen molar-refractivity contribution in [1.29, 1.82) is 0 Å². The highest BCUT2D eigenvalue weighted by Gasteiger charge is 2.43. The number of hydrogen-bond acceptors (Lipinski definition) is 6. The molecule has 0 aromatic heterocycles. The smallest absolute Gasteiger partial charge is 0.490 e. The molecule has 4 aromatic rings. The second kappa shape index (κ2) is 10.9. The fraction of sp³-hybridized carbons (Fsp3) is 0.161. The molecule has 0 saturated carbocycles. The number of nitrogens with zero attached hydrogens (tertiary/aromatic N) is 1. The SMILES string of the molecule is COc1cccc(-c2cccc(C3(c4ccc5c(c4)OCCO5)N=C(N)c4ccccc43)c2)c1.O=C(O)C(F)(F)F. The molecule has 41 heavy (non-hydrogen) atoms. The number of halogens is 3. The minimum absolute atomic E-state index is 0.525. The number of carbonyl (C=O) groups is 1. The summed E-state index contributed by atoms with van der Waals surface area (Å²) in [7, 11) is 1.68. The third-order valence-electron chi connectivity index (χ3n) is 6.77. The van der Waals surface area contributed by atoms with Gasteiger partial charge in [-0.25, -0.2) is 9.79 Å². The van der Waals surface area contributed by atoms with E-state index in [-0.39, 0.29) is 0 Å². The first-order chi connectivity index (χ1) is 19.6. The molecule has 7 nitrogen and oxygen atoms in total. The summed E-state index contributed by atoms with van der Waals surface area (Å²) in [5, 5.41) is 7.12. The third kappa shape index (κ3) is 5.28. The number of hydrogen-bond donors (Lipinski definition) is 2. The Bertz CT molecular complexity index is 1640. The zero-order valence-corrected chi connectivity index (χ0v) is 21.8. The van der Waals surface area contributed by atoms with Crippen molar-refractivity contribution in [2.24, 2.45) is 10.7 Å². The highest BCUT2D eigenvalue weighted by atomic mass is 19.4. The van der Waals surface area contributed by atoms with Crippen LogP contribution >= 0.6 is 0 Å². The Morgan fingerprint density at radius 1 is 0.878 bits per heavy atom. The summed E-state index contributed by atoms with van der Waals surface area (Å²) in [5.41, 5.74) is 11.8. The molecule has 0 bridgehead atoms. The first kappa shape index (κ1) is 27.6. The number of ether oxygens (including phenoxy) is 3. The molecule has 0 radical (unpaired) electrons. The van der Waals surface area contributed by atoms with E-state index < -0.39 is 17.7 Å². The number of carboxylic acids is 1. The number of rotatable bonds is 4. The fourth-order valence-corrected chi connectivity index (χ4v) is 4.92. The van der Waals surface area contributed by atoms with Crippen LogP contribution in [0.5, 0.6) is 17.2 Å². The molecule has 0 fully saturated rings. The van der Waals surface area contributed by atoms with Crippen LogP contribution in [0.1, 0.15) is 22.3 Å². The van der Waals surface area contributed by atoms with E-state index in [1.807, 2.05) is 48.5 Å². The van der Waals surface area contributed by atoms with Crippen LogP contribution in [-0.2, 0) is 10.3 Å². The van der Waals surface area contributed by atoms with E-state index in [0.29, 0.717) is 19.0 Å². The molecule has 4 aromatic carbocycles. The summed E-state index contributed by atoms with van der Waals surface area (Å²) in [6, 6.07) is 30.7. The molecule has 10 heteroatoms. The van der Waals surface area contributed by atoms with E-state index in [0.717, 1.165) is 50.6 Å². The Morgan fingerprint density at radius 2 is 1.51 bits per heavy atom. The lowest BCUT2D eigenvalue weighted by Gasteiger charge is -2.31. The van der Waals surface area contributed by atoms with Crippen molar-refractivity contribution in [3.8, 4) is 28.4 Å². The number of aliphatic imine (C=N–C) groups is 1. The lowest BCUT2D eigenvalue weighted by molar-refractivity contribution is -0.192. The Morgan fingerprint density at radius 3 is 2.22 bits per heavy atom. The zero-order valence-electron chi connectivity index (χ0n) is 21.8. The van der Waals surface area contributed by atoms with E-state index in [1.165, 1.54) is 0 Å². The van der Waals surface area contributed by atoms with Gasteiger partial charge in [-0.15, -0.1) is 0 Å². The number of methoxy groups -OCH3 is 1. The molecule has 2 aliphatic heterocycles. The minimum atomic E-state index is -5.08. The maximum absolute atomic E-state index is 10.6. The van der Waals surface area contributed by atoms with Gasteiger partial charge in [0.2, 0.25) is 0 Å². The van der Waals surface area contributed by atoms with Crippen LogP contribution in [0.15, 0.2) is 96.0 Å². The van der Waals surface area contributed by atoms with Crippen molar-refractivity contribution in [1.82, 2.24) is 0 Å². The van der Waals surface area contributed by atoms with Crippen LogP contribution in [-0.4, -0.2) is 43.4 Å². The molecule has 3 N–H and O–H groups in total. The van der Waals surface area contributed by atoms with Crippen molar-refractivity contribution in [3.63, 3.8) is 0 Å². The monoisotopic (exact) mass is 562 g/mol. The number of alkyl halides is 3. The molecule has 0 saturated heterocycles. The predicted molar refractivity (Wildman–Crippen MR) is 147 cm³/mol. The fourth-order valence-electron chi connectivity index (χ4n) is 4.92. The Hall–Kier alpha value is -4.99. The van der Waals surface area contributed by atoms with Crippen LogP contribution < -0.4 is 19.9 Å². The topological polar surface area (TPSA) is 103 Å². The zero-order chi connectivity index (χ0) is 29.2. The van der Waals surface area contributed by atoms with Crippen LogP contribution in [0.25, 0.3) is 11.1 Å². The van der Waals surface area contributed by atoms with E-state index >= 15 is 0 Å². The lowest BCUT2D eigenvalue weighted by atomic mass is 9.77. The van der Waals surface area contributed by atoms with E-state index in [9.17, 15) is 13.2 Å². The van der Waals surface area contributed by atoms with Crippen LogP contribution in [0, 0.1) is 0 Å². The summed E-state index contributed by atoms with van der Waals surface area (Å²) < 4.78 is 48.9. The van der Waals surface area contributed by atoms with Crippen LogP contribution in [0.3, 0.4) is 0 Å². The summed E-state index contributed by atoms with van der Waals surface area (Å²) in [6.07, 6.45) is -5.08. The highest BCUT2D eigenvalue weighted by molar-refractivity contribution is 6.03. The van der Waals surface area contributed by atoms with Gasteiger partial charge in [-0.1, -0.05) is 60.7 Å². The number of nitrogens with two attached hydrogens (primary N) is 1. The van der Waals surface area contributed by atoms with Crippen molar-refractivity contribution in [2.75, 3.05) is 20.3 Å². The Balaban J connectivity index is 0.000000431. The molecule has 1 unspecified atom stereocenters. The van der Waals surface area contributed by atoms with Crippen molar-refractivity contribution < 1.29 is 37.3 Å². The Kier molecular flexibility index (Phi) is 7.32.